The Morgan fingerprint density at radius 1 is 1.26 bits per heavy atom. The Hall–Kier alpha value is -3.60. The van der Waals surface area contributed by atoms with Gasteiger partial charge >= 0.3 is 0 Å². The van der Waals surface area contributed by atoms with E-state index in [2.05, 4.69) is 44.2 Å². The number of carbonyl (C=O) groups is 1. The molecule has 38 heavy (non-hydrogen) atoms. The minimum atomic E-state index is -0.645. The van der Waals surface area contributed by atoms with Gasteiger partial charge in [-0.15, -0.1) is 0 Å². The van der Waals surface area contributed by atoms with Crippen molar-refractivity contribution in [2.24, 2.45) is 11.8 Å². The highest BCUT2D eigenvalue weighted by Gasteiger charge is 2.21. The number of aromatic nitrogens is 4. The lowest BCUT2D eigenvalue weighted by molar-refractivity contribution is 0.0940. The maximum Gasteiger partial charge on any atom is 0.254 e. The Morgan fingerprint density at radius 2 is 2.03 bits per heavy atom. The summed E-state index contributed by atoms with van der Waals surface area (Å²) in [6.45, 7) is 6.34. The van der Waals surface area contributed by atoms with Gasteiger partial charge in [0.15, 0.2) is 0 Å². The SMILES string of the molecule is CC(C)Cc1nc(-c2cnc(N3CCC(CCCOc4ccc(C(=O)NCCO)c(F)c4)CC3)nc2)no1. The first kappa shape index (κ1) is 27.4. The number of benzene rings is 1. The van der Waals surface area contributed by atoms with Gasteiger partial charge in [0, 0.05) is 44.5 Å². The van der Waals surface area contributed by atoms with Crippen LogP contribution in [0, 0.1) is 17.7 Å². The van der Waals surface area contributed by atoms with E-state index in [-0.39, 0.29) is 18.7 Å². The Bertz CT molecular complexity index is 1180. The van der Waals surface area contributed by atoms with E-state index in [0.717, 1.165) is 50.8 Å². The van der Waals surface area contributed by atoms with Crippen LogP contribution in [-0.4, -0.2) is 64.0 Å². The molecule has 0 unspecified atom stereocenters. The van der Waals surface area contributed by atoms with Crippen LogP contribution in [0.4, 0.5) is 10.3 Å². The van der Waals surface area contributed by atoms with Crippen molar-refractivity contribution >= 4 is 11.9 Å². The van der Waals surface area contributed by atoms with E-state index in [1.54, 1.807) is 18.5 Å². The monoisotopic (exact) mass is 526 g/mol. The highest BCUT2D eigenvalue weighted by Crippen LogP contribution is 2.25. The molecule has 2 N–H and O–H groups in total. The van der Waals surface area contributed by atoms with Crippen LogP contribution in [0.3, 0.4) is 0 Å². The van der Waals surface area contributed by atoms with Crippen LogP contribution in [0.1, 0.15) is 55.8 Å². The molecule has 0 saturated carbocycles. The van der Waals surface area contributed by atoms with Crippen LogP contribution >= 0.6 is 0 Å². The number of halogens is 1. The first-order chi connectivity index (χ1) is 18.4. The Labute approximate surface area is 221 Å². The van der Waals surface area contributed by atoms with Gasteiger partial charge in [-0.2, -0.15) is 4.98 Å². The fourth-order valence-electron chi connectivity index (χ4n) is 4.42. The molecule has 204 valence electrons. The van der Waals surface area contributed by atoms with Gasteiger partial charge in [-0.1, -0.05) is 19.0 Å². The number of aliphatic hydroxyl groups excluding tert-OH is 1. The van der Waals surface area contributed by atoms with Gasteiger partial charge in [0.2, 0.25) is 17.7 Å². The fraction of sp³-hybridized carbons (Fsp3) is 0.519. The number of carbonyl (C=O) groups excluding carboxylic acids is 1. The maximum atomic E-state index is 14.2. The van der Waals surface area contributed by atoms with E-state index >= 15 is 0 Å². The van der Waals surface area contributed by atoms with E-state index in [9.17, 15) is 9.18 Å². The second kappa shape index (κ2) is 13.3. The molecule has 3 heterocycles. The topological polar surface area (TPSA) is 126 Å². The number of rotatable bonds is 12. The molecule has 1 fully saturated rings. The predicted octanol–water partition coefficient (Wildman–Crippen LogP) is 3.66. The Morgan fingerprint density at radius 3 is 2.71 bits per heavy atom. The molecular weight excluding hydrogens is 491 g/mol. The van der Waals surface area contributed by atoms with Crippen LogP contribution in [0.2, 0.25) is 0 Å². The van der Waals surface area contributed by atoms with Gasteiger partial charge in [-0.25, -0.2) is 14.4 Å². The van der Waals surface area contributed by atoms with Crippen molar-refractivity contribution in [2.45, 2.75) is 46.0 Å². The summed E-state index contributed by atoms with van der Waals surface area (Å²) < 4.78 is 25.2. The number of anilines is 1. The second-order valence-corrected chi connectivity index (χ2v) is 9.92. The quantitative estimate of drug-likeness (QED) is 0.340. The molecule has 1 amide bonds. The summed E-state index contributed by atoms with van der Waals surface area (Å²) in [4.78, 5) is 27.5. The molecular formula is C27H35FN6O4. The molecule has 0 bridgehead atoms. The molecule has 1 aliphatic rings. The molecule has 11 heteroatoms. The number of nitrogens with one attached hydrogen (secondary N) is 1. The van der Waals surface area contributed by atoms with E-state index < -0.39 is 11.7 Å². The number of ether oxygens (including phenoxy) is 1. The lowest BCUT2D eigenvalue weighted by Crippen LogP contribution is -2.34. The van der Waals surface area contributed by atoms with Gasteiger partial charge in [0.05, 0.1) is 24.3 Å². The van der Waals surface area contributed by atoms with E-state index in [0.29, 0.717) is 41.9 Å². The zero-order valence-corrected chi connectivity index (χ0v) is 21.9. The van der Waals surface area contributed by atoms with Gasteiger partial charge in [0.25, 0.3) is 5.91 Å². The van der Waals surface area contributed by atoms with Crippen molar-refractivity contribution in [1.29, 1.82) is 0 Å². The summed E-state index contributed by atoms with van der Waals surface area (Å²) in [5.74, 6) is 2.06. The first-order valence-electron chi connectivity index (χ1n) is 13.1. The summed E-state index contributed by atoms with van der Waals surface area (Å²) in [5.41, 5.74) is 0.670. The second-order valence-electron chi connectivity index (χ2n) is 9.92. The molecule has 1 aliphatic heterocycles. The Balaban J connectivity index is 1.17. The predicted molar refractivity (Wildman–Crippen MR) is 139 cm³/mol. The van der Waals surface area contributed by atoms with Crippen molar-refractivity contribution in [2.75, 3.05) is 37.7 Å². The molecule has 0 spiro atoms. The minimum Gasteiger partial charge on any atom is -0.493 e. The van der Waals surface area contributed by atoms with Crippen LogP contribution in [-0.2, 0) is 6.42 Å². The van der Waals surface area contributed by atoms with Crippen LogP contribution < -0.4 is 15.0 Å². The molecule has 2 aromatic heterocycles. The Kier molecular flexibility index (Phi) is 9.58. The molecule has 0 radical (unpaired) electrons. The third-order valence-corrected chi connectivity index (χ3v) is 6.45. The normalized spacial score (nSPS) is 14.2. The van der Waals surface area contributed by atoms with Gasteiger partial charge in [-0.3, -0.25) is 4.79 Å². The molecule has 3 aromatic rings. The number of aliphatic hydroxyl groups is 1. The van der Waals surface area contributed by atoms with E-state index in [4.69, 9.17) is 14.4 Å². The maximum absolute atomic E-state index is 14.2. The van der Waals surface area contributed by atoms with Crippen LogP contribution in [0.25, 0.3) is 11.4 Å². The number of hydrogen-bond donors (Lipinski definition) is 2. The first-order valence-corrected chi connectivity index (χ1v) is 13.1. The minimum absolute atomic E-state index is 0.0678. The number of nitrogens with zero attached hydrogens (tertiary/aromatic N) is 5. The molecule has 1 aromatic carbocycles. The fourth-order valence-corrected chi connectivity index (χ4v) is 4.42. The van der Waals surface area contributed by atoms with Crippen LogP contribution in [0.5, 0.6) is 5.75 Å². The average molecular weight is 527 g/mol. The summed E-state index contributed by atoms with van der Waals surface area (Å²) in [5, 5.41) is 15.3. The number of amides is 1. The molecule has 1 saturated heterocycles. The highest BCUT2D eigenvalue weighted by molar-refractivity contribution is 5.94. The third-order valence-electron chi connectivity index (χ3n) is 6.45. The summed E-state index contributed by atoms with van der Waals surface area (Å²) in [7, 11) is 0. The average Bonchev–Trinajstić information content (AvgIpc) is 3.38. The summed E-state index contributed by atoms with van der Waals surface area (Å²) in [6, 6.07) is 4.21. The lowest BCUT2D eigenvalue weighted by Gasteiger charge is -2.32. The van der Waals surface area contributed by atoms with Gasteiger partial charge in [0.1, 0.15) is 11.6 Å². The van der Waals surface area contributed by atoms with Crippen molar-refractivity contribution in [3.05, 3.63) is 47.9 Å². The molecule has 10 nitrogen and oxygen atoms in total. The zero-order chi connectivity index (χ0) is 26.9. The van der Waals surface area contributed by atoms with Crippen molar-refractivity contribution in [3.63, 3.8) is 0 Å². The van der Waals surface area contributed by atoms with Crippen molar-refractivity contribution in [1.82, 2.24) is 25.4 Å². The third kappa shape index (κ3) is 7.47. The van der Waals surface area contributed by atoms with E-state index in [1.165, 1.54) is 12.1 Å². The van der Waals surface area contributed by atoms with Gasteiger partial charge < -0.3 is 24.6 Å². The van der Waals surface area contributed by atoms with Crippen molar-refractivity contribution in [3.8, 4) is 17.1 Å². The highest BCUT2D eigenvalue weighted by atomic mass is 19.1. The van der Waals surface area contributed by atoms with Crippen LogP contribution in [0.15, 0.2) is 35.1 Å². The van der Waals surface area contributed by atoms with Crippen molar-refractivity contribution < 1.29 is 23.6 Å². The number of piperidine rings is 1. The lowest BCUT2D eigenvalue weighted by atomic mass is 9.92. The van der Waals surface area contributed by atoms with E-state index in [1.807, 2.05) is 0 Å². The zero-order valence-electron chi connectivity index (χ0n) is 21.9. The largest absolute Gasteiger partial charge is 0.493 e. The summed E-state index contributed by atoms with van der Waals surface area (Å²) in [6.07, 6.45) is 8.19. The molecule has 4 rings (SSSR count). The van der Waals surface area contributed by atoms with Gasteiger partial charge in [-0.05, 0) is 49.7 Å². The summed E-state index contributed by atoms with van der Waals surface area (Å²) >= 11 is 0. The molecule has 0 aliphatic carbocycles. The standard InChI is InChI=1S/C27H35FN6O4/c1-18(2)14-24-32-25(33-38-24)20-16-30-27(31-17-20)34-10-7-19(8-11-34)4-3-13-37-21-5-6-22(23(28)15-21)26(36)29-9-12-35/h5-6,15-19,35H,3-4,7-14H2,1-2H3,(H,29,36). The number of hydrogen-bond acceptors (Lipinski definition) is 9. The smallest absolute Gasteiger partial charge is 0.254 e. The molecule has 0 atom stereocenters.